The summed E-state index contributed by atoms with van der Waals surface area (Å²) in [5, 5.41) is 12.4. The van der Waals surface area contributed by atoms with Crippen LogP contribution in [0, 0.1) is 13.8 Å². The third kappa shape index (κ3) is 3.37. The Balaban J connectivity index is 1.76. The molecule has 0 unspecified atom stereocenters. The van der Waals surface area contributed by atoms with Crippen molar-refractivity contribution in [1.29, 1.82) is 0 Å². The molecule has 0 aliphatic heterocycles. The third-order valence-corrected chi connectivity index (χ3v) is 7.26. The van der Waals surface area contributed by atoms with Crippen molar-refractivity contribution in [3.63, 3.8) is 0 Å². The minimum Gasteiger partial charge on any atom is -0.340 e. The molecule has 0 atom stereocenters. The van der Waals surface area contributed by atoms with Gasteiger partial charge >= 0.3 is 0 Å². The van der Waals surface area contributed by atoms with Crippen LogP contribution < -0.4 is 5.32 Å². The van der Waals surface area contributed by atoms with Gasteiger partial charge in [0.05, 0.1) is 10.4 Å². The first-order valence-corrected chi connectivity index (χ1v) is 11.7. The van der Waals surface area contributed by atoms with Gasteiger partial charge in [0, 0.05) is 16.1 Å². The topological polar surface area (TPSA) is 89.2 Å². The highest BCUT2D eigenvalue weighted by Gasteiger charge is 2.27. The SMILES string of the molecule is Cc1ccc(Nc2nc3c(S(=O)(=O)c4ccccc4)nnn3c3ccc(Cl)cc23)cc1C. The van der Waals surface area contributed by atoms with E-state index in [4.69, 9.17) is 11.6 Å². The van der Waals surface area contributed by atoms with E-state index >= 15 is 0 Å². The number of rotatable bonds is 4. The molecule has 9 heteroatoms. The van der Waals surface area contributed by atoms with E-state index in [0.717, 1.165) is 11.3 Å². The van der Waals surface area contributed by atoms with E-state index in [9.17, 15) is 8.42 Å². The average molecular weight is 464 g/mol. The van der Waals surface area contributed by atoms with E-state index in [0.29, 0.717) is 21.7 Å². The number of sulfone groups is 1. The number of aryl methyl sites for hydroxylation is 2. The fraction of sp³-hybridized carbons (Fsp3) is 0.0870. The molecule has 32 heavy (non-hydrogen) atoms. The summed E-state index contributed by atoms with van der Waals surface area (Å²) < 4.78 is 27.9. The highest BCUT2D eigenvalue weighted by atomic mass is 35.5. The average Bonchev–Trinajstić information content (AvgIpc) is 3.22. The second kappa shape index (κ2) is 7.58. The second-order valence-corrected chi connectivity index (χ2v) is 9.79. The molecule has 1 N–H and O–H groups in total. The zero-order chi connectivity index (χ0) is 22.5. The Labute approximate surface area is 189 Å². The van der Waals surface area contributed by atoms with Gasteiger partial charge in [-0.2, -0.15) is 4.52 Å². The summed E-state index contributed by atoms with van der Waals surface area (Å²) in [5.74, 6) is 0.463. The molecule has 0 spiro atoms. The lowest BCUT2D eigenvalue weighted by Gasteiger charge is -2.12. The predicted octanol–water partition coefficient (Wildman–Crippen LogP) is 5.12. The number of hydrogen-bond donors (Lipinski definition) is 1. The quantitative estimate of drug-likeness (QED) is 0.397. The number of hydrogen-bond acceptors (Lipinski definition) is 6. The van der Waals surface area contributed by atoms with Gasteiger partial charge in [-0.05, 0) is 67.4 Å². The molecule has 0 saturated heterocycles. The van der Waals surface area contributed by atoms with Gasteiger partial charge in [0.2, 0.25) is 14.9 Å². The summed E-state index contributed by atoms with van der Waals surface area (Å²) in [4.78, 5) is 4.76. The molecule has 160 valence electrons. The Hall–Kier alpha value is -3.49. The molecule has 0 bridgehead atoms. The van der Waals surface area contributed by atoms with Gasteiger partial charge in [0.1, 0.15) is 5.82 Å². The second-order valence-electron chi connectivity index (χ2n) is 7.49. The lowest BCUT2D eigenvalue weighted by atomic mass is 10.1. The van der Waals surface area contributed by atoms with Crippen LogP contribution in [-0.4, -0.2) is 28.2 Å². The number of aromatic nitrogens is 4. The van der Waals surface area contributed by atoms with Crippen molar-refractivity contribution in [3.8, 4) is 0 Å². The molecule has 5 aromatic rings. The molecule has 2 heterocycles. The Bertz CT molecular complexity index is 1600. The number of benzene rings is 3. The molecule has 5 rings (SSSR count). The number of fused-ring (bicyclic) bond motifs is 3. The van der Waals surface area contributed by atoms with Gasteiger partial charge in [-0.1, -0.05) is 41.1 Å². The normalized spacial score (nSPS) is 11.8. The summed E-state index contributed by atoms with van der Waals surface area (Å²) in [7, 11) is -3.91. The summed E-state index contributed by atoms with van der Waals surface area (Å²) in [6, 6.07) is 19.3. The molecule has 7 nitrogen and oxygen atoms in total. The molecule has 0 aliphatic rings. The van der Waals surface area contributed by atoms with Gasteiger partial charge in [-0.15, -0.1) is 5.10 Å². The van der Waals surface area contributed by atoms with Crippen molar-refractivity contribution >= 4 is 49.5 Å². The van der Waals surface area contributed by atoms with E-state index < -0.39 is 9.84 Å². The molecule has 0 radical (unpaired) electrons. The van der Waals surface area contributed by atoms with E-state index in [1.165, 1.54) is 22.2 Å². The monoisotopic (exact) mass is 463 g/mol. The minimum atomic E-state index is -3.91. The fourth-order valence-corrected chi connectivity index (χ4v) is 4.93. The fourth-order valence-electron chi connectivity index (χ4n) is 3.51. The first kappa shape index (κ1) is 20.4. The standard InChI is InChI=1S/C23H18ClN5O2S/c1-14-8-10-17(12-15(14)2)25-21-19-13-16(24)9-11-20(19)29-22(26-21)23(27-28-29)32(30,31)18-6-4-3-5-7-18/h3-13H,1-2H3,(H,25,26). The zero-order valence-corrected chi connectivity index (χ0v) is 18.8. The van der Waals surface area contributed by atoms with E-state index in [1.807, 2.05) is 32.0 Å². The number of nitrogens with zero attached hydrogens (tertiary/aromatic N) is 4. The first-order valence-electron chi connectivity index (χ1n) is 9.84. The van der Waals surface area contributed by atoms with Crippen molar-refractivity contribution in [2.24, 2.45) is 0 Å². The maximum absolute atomic E-state index is 13.3. The molecule has 0 amide bonds. The summed E-state index contributed by atoms with van der Waals surface area (Å²) in [6.07, 6.45) is 0. The van der Waals surface area contributed by atoms with Gasteiger partial charge in [-0.3, -0.25) is 0 Å². The molecular formula is C23H18ClN5O2S. The Kier molecular flexibility index (Phi) is 4.83. The van der Waals surface area contributed by atoms with Crippen LogP contribution in [0.1, 0.15) is 11.1 Å². The van der Waals surface area contributed by atoms with Crippen LogP contribution >= 0.6 is 11.6 Å². The summed E-state index contributed by atoms with van der Waals surface area (Å²) >= 11 is 6.25. The van der Waals surface area contributed by atoms with Crippen molar-refractivity contribution in [1.82, 2.24) is 19.8 Å². The molecule has 0 fully saturated rings. The Morgan fingerprint density at radius 1 is 0.938 bits per heavy atom. The van der Waals surface area contributed by atoms with Crippen LogP contribution in [-0.2, 0) is 9.84 Å². The Morgan fingerprint density at radius 2 is 1.72 bits per heavy atom. The van der Waals surface area contributed by atoms with Gasteiger partial charge in [0.15, 0.2) is 5.65 Å². The molecule has 0 aliphatic carbocycles. The molecule has 0 saturated carbocycles. The number of nitrogens with one attached hydrogen (secondary N) is 1. The van der Waals surface area contributed by atoms with Crippen LogP contribution in [0.3, 0.4) is 0 Å². The number of halogens is 1. The maximum Gasteiger partial charge on any atom is 0.229 e. The van der Waals surface area contributed by atoms with Crippen LogP contribution in [0.4, 0.5) is 11.5 Å². The summed E-state index contributed by atoms with van der Waals surface area (Å²) in [5.41, 5.74) is 3.88. The molecular weight excluding hydrogens is 446 g/mol. The lowest BCUT2D eigenvalue weighted by Crippen LogP contribution is -2.05. The molecule has 3 aromatic carbocycles. The maximum atomic E-state index is 13.3. The van der Waals surface area contributed by atoms with Crippen molar-refractivity contribution in [3.05, 3.63) is 82.9 Å². The van der Waals surface area contributed by atoms with Crippen LogP contribution in [0.5, 0.6) is 0 Å². The van der Waals surface area contributed by atoms with E-state index in [-0.39, 0.29) is 15.6 Å². The van der Waals surface area contributed by atoms with E-state index in [2.05, 4.69) is 20.6 Å². The highest BCUT2D eigenvalue weighted by molar-refractivity contribution is 7.91. The minimum absolute atomic E-state index is 0.129. The zero-order valence-electron chi connectivity index (χ0n) is 17.2. The predicted molar refractivity (Wildman–Crippen MR) is 124 cm³/mol. The molecule has 2 aromatic heterocycles. The van der Waals surface area contributed by atoms with Gasteiger partial charge < -0.3 is 5.32 Å². The summed E-state index contributed by atoms with van der Waals surface area (Å²) in [6.45, 7) is 4.06. The first-order chi connectivity index (χ1) is 15.3. The van der Waals surface area contributed by atoms with Crippen LogP contribution in [0.2, 0.25) is 5.02 Å². The van der Waals surface area contributed by atoms with Gasteiger partial charge in [-0.25, -0.2) is 13.4 Å². The largest absolute Gasteiger partial charge is 0.340 e. The smallest absolute Gasteiger partial charge is 0.229 e. The lowest BCUT2D eigenvalue weighted by molar-refractivity contribution is 0.592. The highest BCUT2D eigenvalue weighted by Crippen LogP contribution is 2.31. The van der Waals surface area contributed by atoms with Crippen molar-refractivity contribution in [2.75, 3.05) is 5.32 Å². The van der Waals surface area contributed by atoms with Gasteiger partial charge in [0.25, 0.3) is 0 Å². The third-order valence-electron chi connectivity index (χ3n) is 5.35. The Morgan fingerprint density at radius 3 is 2.47 bits per heavy atom. The van der Waals surface area contributed by atoms with Crippen molar-refractivity contribution in [2.45, 2.75) is 23.8 Å². The van der Waals surface area contributed by atoms with Crippen LogP contribution in [0.25, 0.3) is 16.6 Å². The number of anilines is 2. The van der Waals surface area contributed by atoms with E-state index in [1.54, 1.807) is 36.4 Å². The van der Waals surface area contributed by atoms with Crippen LogP contribution in [0.15, 0.2) is 76.7 Å². The van der Waals surface area contributed by atoms with Crippen molar-refractivity contribution < 1.29 is 8.42 Å².